The monoisotopic (exact) mass is 350 g/mol. The van der Waals surface area contributed by atoms with Crippen LogP contribution in [0.3, 0.4) is 0 Å². The number of hydrogen-bond acceptors (Lipinski definition) is 4. The lowest BCUT2D eigenvalue weighted by molar-refractivity contribution is -0.139. The molecule has 2 aromatic rings. The van der Waals surface area contributed by atoms with Crippen molar-refractivity contribution in [1.29, 1.82) is 0 Å². The second-order valence-electron chi connectivity index (χ2n) is 4.37. The number of hydrogen-bond donors (Lipinski definition) is 2. The average Bonchev–Trinajstić information content (AvgIpc) is 2.55. The molecular weight excluding hydrogens is 339 g/mol. The fraction of sp³-hybridized carbons (Fsp3) is 0.0667. The molecule has 2 amide bonds. The molecule has 0 aliphatic rings. The molecule has 1 aromatic carbocycles. The molecule has 1 heterocycles. The maximum atomic E-state index is 11.6. The molecule has 0 saturated carbocycles. The Hall–Kier alpha value is -2.44. The number of rotatable bonds is 4. The molecule has 8 heteroatoms. The molecule has 6 nitrogen and oxygen atoms in total. The maximum Gasteiger partial charge on any atom is 0.329 e. The van der Waals surface area contributed by atoms with E-state index in [9.17, 15) is 9.59 Å². The Labute approximate surface area is 142 Å². The third-order valence-electron chi connectivity index (χ3n) is 2.69. The van der Waals surface area contributed by atoms with Crippen molar-refractivity contribution in [2.75, 3.05) is 0 Å². The number of halogens is 2. The van der Waals surface area contributed by atoms with Gasteiger partial charge in [0, 0.05) is 16.8 Å². The van der Waals surface area contributed by atoms with Crippen molar-refractivity contribution in [3.63, 3.8) is 0 Å². The van der Waals surface area contributed by atoms with E-state index in [0.717, 1.165) is 0 Å². The van der Waals surface area contributed by atoms with E-state index in [1.165, 1.54) is 6.21 Å². The fourth-order valence-electron chi connectivity index (χ4n) is 1.57. The van der Waals surface area contributed by atoms with Crippen molar-refractivity contribution < 1.29 is 9.59 Å². The summed E-state index contributed by atoms with van der Waals surface area (Å²) in [6.07, 6.45) is 2.92. The number of nitrogens with zero attached hydrogens (tertiary/aromatic N) is 2. The zero-order chi connectivity index (χ0) is 16.7. The minimum absolute atomic E-state index is 0.153. The Morgan fingerprint density at radius 3 is 2.70 bits per heavy atom. The quantitative estimate of drug-likeness (QED) is 0.503. The first kappa shape index (κ1) is 16.9. The molecule has 0 atom stereocenters. The summed E-state index contributed by atoms with van der Waals surface area (Å²) in [6.45, 7) is 0.153. The lowest BCUT2D eigenvalue weighted by Crippen LogP contribution is -2.37. The van der Waals surface area contributed by atoms with Crippen molar-refractivity contribution in [1.82, 2.24) is 15.7 Å². The summed E-state index contributed by atoms with van der Waals surface area (Å²) in [4.78, 5) is 27.2. The van der Waals surface area contributed by atoms with Gasteiger partial charge in [-0.25, -0.2) is 5.43 Å². The van der Waals surface area contributed by atoms with Gasteiger partial charge in [-0.3, -0.25) is 14.6 Å². The van der Waals surface area contributed by atoms with Crippen LogP contribution in [0.15, 0.2) is 47.7 Å². The Morgan fingerprint density at radius 1 is 1.17 bits per heavy atom. The standard InChI is InChI=1S/C15H12Cl2N4O2/c16-11-5-4-10(13(17)7-11)8-20-21-15(23)14(22)19-9-12-3-1-2-6-18-12/h1-8H,9H2,(H,19,22)(H,21,23)/b20-8+. The smallest absolute Gasteiger partial charge is 0.329 e. The van der Waals surface area contributed by atoms with Gasteiger partial charge in [-0.2, -0.15) is 5.10 Å². The van der Waals surface area contributed by atoms with E-state index in [2.05, 4.69) is 20.8 Å². The van der Waals surface area contributed by atoms with Gasteiger partial charge in [0.05, 0.1) is 23.5 Å². The maximum absolute atomic E-state index is 11.6. The van der Waals surface area contributed by atoms with Crippen LogP contribution in [0.5, 0.6) is 0 Å². The summed E-state index contributed by atoms with van der Waals surface area (Å²) in [7, 11) is 0. The van der Waals surface area contributed by atoms with E-state index in [1.54, 1.807) is 42.6 Å². The number of benzene rings is 1. The highest BCUT2D eigenvalue weighted by molar-refractivity contribution is 6.36. The van der Waals surface area contributed by atoms with E-state index in [-0.39, 0.29) is 6.54 Å². The van der Waals surface area contributed by atoms with Gasteiger partial charge in [-0.1, -0.05) is 35.3 Å². The van der Waals surface area contributed by atoms with Crippen LogP contribution in [0.25, 0.3) is 0 Å². The first-order valence-electron chi connectivity index (χ1n) is 6.52. The number of pyridine rings is 1. The van der Waals surface area contributed by atoms with Crippen LogP contribution >= 0.6 is 23.2 Å². The highest BCUT2D eigenvalue weighted by Crippen LogP contribution is 2.19. The van der Waals surface area contributed by atoms with E-state index in [0.29, 0.717) is 21.3 Å². The number of hydrazone groups is 1. The summed E-state index contributed by atoms with van der Waals surface area (Å²) in [5.41, 5.74) is 3.32. The third kappa shape index (κ3) is 5.36. The van der Waals surface area contributed by atoms with Gasteiger partial charge < -0.3 is 5.32 Å². The van der Waals surface area contributed by atoms with E-state index >= 15 is 0 Å². The van der Waals surface area contributed by atoms with Crippen LogP contribution in [0.1, 0.15) is 11.3 Å². The minimum atomic E-state index is -0.887. The molecule has 2 rings (SSSR count). The molecule has 0 saturated heterocycles. The Kier molecular flexibility index (Phi) is 6.08. The molecule has 1 aromatic heterocycles. The lowest BCUT2D eigenvalue weighted by atomic mass is 10.2. The van der Waals surface area contributed by atoms with Crippen LogP contribution < -0.4 is 10.7 Å². The van der Waals surface area contributed by atoms with Crippen LogP contribution in [0.4, 0.5) is 0 Å². The van der Waals surface area contributed by atoms with Crippen molar-refractivity contribution in [3.05, 3.63) is 63.9 Å². The van der Waals surface area contributed by atoms with Gasteiger partial charge in [0.1, 0.15) is 0 Å². The molecule has 0 fully saturated rings. The van der Waals surface area contributed by atoms with Crippen molar-refractivity contribution >= 4 is 41.2 Å². The second kappa shape index (κ2) is 8.26. The number of aromatic nitrogens is 1. The zero-order valence-corrected chi connectivity index (χ0v) is 13.3. The Bertz CT molecular complexity index is 736. The lowest BCUT2D eigenvalue weighted by Gasteiger charge is -2.03. The molecule has 23 heavy (non-hydrogen) atoms. The summed E-state index contributed by atoms with van der Waals surface area (Å²) < 4.78 is 0. The first-order valence-corrected chi connectivity index (χ1v) is 7.28. The van der Waals surface area contributed by atoms with Crippen molar-refractivity contribution in [2.24, 2.45) is 5.10 Å². The molecule has 0 unspecified atom stereocenters. The number of carbonyl (C=O) groups is 2. The topological polar surface area (TPSA) is 83.5 Å². The van der Waals surface area contributed by atoms with Gasteiger partial charge in [-0.15, -0.1) is 0 Å². The van der Waals surface area contributed by atoms with Crippen LogP contribution in [-0.2, 0) is 16.1 Å². The van der Waals surface area contributed by atoms with Crippen molar-refractivity contribution in [3.8, 4) is 0 Å². The molecule has 2 N–H and O–H groups in total. The first-order chi connectivity index (χ1) is 11.1. The molecule has 0 bridgehead atoms. The van der Waals surface area contributed by atoms with Crippen LogP contribution in [0.2, 0.25) is 10.0 Å². The molecule has 0 aliphatic carbocycles. The highest BCUT2D eigenvalue weighted by Gasteiger charge is 2.12. The summed E-state index contributed by atoms with van der Waals surface area (Å²) in [5.74, 6) is -1.70. The van der Waals surface area contributed by atoms with E-state index < -0.39 is 11.8 Å². The molecule has 118 valence electrons. The Balaban J connectivity index is 1.84. The fourth-order valence-corrected chi connectivity index (χ4v) is 2.03. The SMILES string of the molecule is O=C(NCc1ccccn1)C(=O)N/N=C/c1ccc(Cl)cc1Cl. The summed E-state index contributed by atoms with van der Waals surface area (Å²) in [6, 6.07) is 10.1. The predicted octanol–water partition coefficient (Wildman–Crippen LogP) is 2.15. The van der Waals surface area contributed by atoms with E-state index in [4.69, 9.17) is 23.2 Å². The Morgan fingerprint density at radius 2 is 2.00 bits per heavy atom. The molecule has 0 radical (unpaired) electrons. The largest absolute Gasteiger partial charge is 0.342 e. The van der Waals surface area contributed by atoms with Crippen molar-refractivity contribution in [2.45, 2.75) is 6.54 Å². The highest BCUT2D eigenvalue weighted by atomic mass is 35.5. The molecular formula is C15H12Cl2N4O2. The molecule has 0 spiro atoms. The normalized spacial score (nSPS) is 10.5. The summed E-state index contributed by atoms with van der Waals surface area (Å²) >= 11 is 11.7. The summed E-state index contributed by atoms with van der Waals surface area (Å²) in [5, 5.41) is 6.99. The molecule has 0 aliphatic heterocycles. The number of amides is 2. The minimum Gasteiger partial charge on any atom is -0.342 e. The van der Waals surface area contributed by atoms with Gasteiger partial charge in [0.25, 0.3) is 0 Å². The average molecular weight is 351 g/mol. The van der Waals surface area contributed by atoms with Gasteiger partial charge in [-0.05, 0) is 24.3 Å². The van der Waals surface area contributed by atoms with Crippen LogP contribution in [0, 0.1) is 0 Å². The van der Waals surface area contributed by atoms with Gasteiger partial charge in [0.15, 0.2) is 0 Å². The zero-order valence-electron chi connectivity index (χ0n) is 11.8. The predicted molar refractivity (Wildman–Crippen MR) is 88.3 cm³/mol. The van der Waals surface area contributed by atoms with Crippen LogP contribution in [-0.4, -0.2) is 23.0 Å². The van der Waals surface area contributed by atoms with Gasteiger partial charge in [0.2, 0.25) is 0 Å². The number of nitrogens with one attached hydrogen (secondary N) is 2. The third-order valence-corrected chi connectivity index (χ3v) is 3.26. The van der Waals surface area contributed by atoms with E-state index in [1.807, 2.05) is 0 Å². The number of carbonyl (C=O) groups excluding carboxylic acids is 2. The second-order valence-corrected chi connectivity index (χ2v) is 5.21. The van der Waals surface area contributed by atoms with Gasteiger partial charge >= 0.3 is 11.8 Å².